The van der Waals surface area contributed by atoms with Crippen LogP contribution in [0.2, 0.25) is 0 Å². The summed E-state index contributed by atoms with van der Waals surface area (Å²) in [7, 11) is 0. The molecular formula is C22H18N2O2. The van der Waals surface area contributed by atoms with Crippen molar-refractivity contribution in [2.45, 2.75) is 12.8 Å². The average molecular weight is 342 g/mol. The number of fused-ring (bicyclic) bond motifs is 1. The molecule has 0 atom stereocenters. The summed E-state index contributed by atoms with van der Waals surface area (Å²) < 4.78 is 5.81. The van der Waals surface area contributed by atoms with Gasteiger partial charge in [-0.1, -0.05) is 42.5 Å². The number of ketones is 1. The second-order valence-corrected chi connectivity index (χ2v) is 6.27. The fourth-order valence-electron chi connectivity index (χ4n) is 2.99. The number of nitrogens with zero attached hydrogens (tertiary/aromatic N) is 2. The molecule has 4 rings (SSSR count). The van der Waals surface area contributed by atoms with Crippen molar-refractivity contribution in [3.8, 4) is 5.75 Å². The highest BCUT2D eigenvalue weighted by atomic mass is 16.5. The first-order chi connectivity index (χ1) is 12.8. The van der Waals surface area contributed by atoms with Gasteiger partial charge in [0.2, 0.25) is 0 Å². The van der Waals surface area contributed by atoms with E-state index in [2.05, 4.69) is 34.2 Å². The standard InChI is InChI=1S/C22H18N2O2/c25-22-13-18(24-21-14-23-11-10-20(21)22)15-26-19-8-6-17(7-9-19)12-16-4-2-1-3-5-16/h1-11,14H,12-13,15H2. The second kappa shape index (κ2) is 7.31. The van der Waals surface area contributed by atoms with Gasteiger partial charge >= 0.3 is 0 Å². The maximum absolute atomic E-state index is 12.2. The lowest BCUT2D eigenvalue weighted by Gasteiger charge is -2.14. The van der Waals surface area contributed by atoms with Crippen molar-refractivity contribution in [1.82, 2.24) is 4.98 Å². The van der Waals surface area contributed by atoms with Crippen LogP contribution >= 0.6 is 0 Å². The van der Waals surface area contributed by atoms with Gasteiger partial charge in [0.05, 0.1) is 24.0 Å². The highest BCUT2D eigenvalue weighted by molar-refractivity contribution is 6.16. The lowest BCUT2D eigenvalue weighted by molar-refractivity contribution is 0.0998. The number of rotatable bonds is 5. The number of pyridine rings is 1. The topological polar surface area (TPSA) is 51.5 Å². The fourth-order valence-corrected chi connectivity index (χ4v) is 2.99. The van der Waals surface area contributed by atoms with Gasteiger partial charge in [-0.3, -0.25) is 14.8 Å². The third kappa shape index (κ3) is 3.70. The molecule has 0 saturated carbocycles. The van der Waals surface area contributed by atoms with Gasteiger partial charge in [0.25, 0.3) is 0 Å². The first-order valence-corrected chi connectivity index (χ1v) is 8.57. The van der Waals surface area contributed by atoms with Crippen LogP contribution in [0.5, 0.6) is 5.75 Å². The van der Waals surface area contributed by atoms with Gasteiger partial charge in [0, 0.05) is 11.8 Å². The number of ether oxygens (including phenoxy) is 1. The molecule has 0 radical (unpaired) electrons. The molecule has 4 nitrogen and oxygen atoms in total. The molecule has 0 fully saturated rings. The molecule has 26 heavy (non-hydrogen) atoms. The molecule has 2 aromatic carbocycles. The third-order valence-electron chi connectivity index (χ3n) is 4.32. The van der Waals surface area contributed by atoms with E-state index in [0.717, 1.165) is 17.9 Å². The molecule has 1 aliphatic heterocycles. The van der Waals surface area contributed by atoms with E-state index in [1.54, 1.807) is 18.5 Å². The molecule has 0 aliphatic carbocycles. The van der Waals surface area contributed by atoms with Crippen molar-refractivity contribution < 1.29 is 9.53 Å². The second-order valence-electron chi connectivity index (χ2n) is 6.27. The molecule has 0 bridgehead atoms. The van der Waals surface area contributed by atoms with E-state index in [4.69, 9.17) is 4.74 Å². The van der Waals surface area contributed by atoms with Crippen LogP contribution in [0.25, 0.3) is 0 Å². The van der Waals surface area contributed by atoms with E-state index in [0.29, 0.717) is 24.3 Å². The van der Waals surface area contributed by atoms with Crippen molar-refractivity contribution in [2.75, 3.05) is 6.61 Å². The molecule has 0 saturated heterocycles. The zero-order chi connectivity index (χ0) is 17.8. The van der Waals surface area contributed by atoms with Crippen LogP contribution in [0, 0.1) is 0 Å². The van der Waals surface area contributed by atoms with E-state index in [1.807, 2.05) is 30.3 Å². The Morgan fingerprint density at radius 2 is 1.69 bits per heavy atom. The number of aliphatic imine (C=N–C) groups is 1. The monoisotopic (exact) mass is 342 g/mol. The first kappa shape index (κ1) is 16.2. The van der Waals surface area contributed by atoms with E-state index in [-0.39, 0.29) is 5.78 Å². The van der Waals surface area contributed by atoms with Crippen LogP contribution in [0.1, 0.15) is 27.9 Å². The Labute approximate surface area is 152 Å². The van der Waals surface area contributed by atoms with Gasteiger partial charge in [-0.05, 0) is 35.7 Å². The molecule has 4 heteroatoms. The lowest BCUT2D eigenvalue weighted by atomic mass is 10.0. The highest BCUT2D eigenvalue weighted by Crippen LogP contribution is 2.24. The molecule has 1 aliphatic rings. The maximum Gasteiger partial charge on any atom is 0.170 e. The molecule has 0 N–H and O–H groups in total. The quantitative estimate of drug-likeness (QED) is 0.690. The SMILES string of the molecule is O=C1CC(COc2ccc(Cc3ccccc3)cc2)=Nc2cnccc21. The number of aromatic nitrogens is 1. The van der Waals surface area contributed by atoms with Gasteiger partial charge in [0.1, 0.15) is 12.4 Å². The van der Waals surface area contributed by atoms with Crippen molar-refractivity contribution in [3.63, 3.8) is 0 Å². The molecule has 0 unspecified atom stereocenters. The Balaban J connectivity index is 1.40. The van der Waals surface area contributed by atoms with Gasteiger partial charge in [0.15, 0.2) is 5.78 Å². The number of carbonyl (C=O) groups excluding carboxylic acids is 1. The summed E-state index contributed by atoms with van der Waals surface area (Å²) in [4.78, 5) is 20.7. The Morgan fingerprint density at radius 1 is 0.923 bits per heavy atom. The summed E-state index contributed by atoms with van der Waals surface area (Å²) >= 11 is 0. The van der Waals surface area contributed by atoms with E-state index in [9.17, 15) is 4.79 Å². The zero-order valence-corrected chi connectivity index (χ0v) is 14.3. The van der Waals surface area contributed by atoms with Crippen LogP contribution in [-0.4, -0.2) is 23.1 Å². The highest BCUT2D eigenvalue weighted by Gasteiger charge is 2.20. The predicted octanol–water partition coefficient (Wildman–Crippen LogP) is 4.41. The molecule has 2 heterocycles. The number of benzene rings is 2. The van der Waals surface area contributed by atoms with Crippen molar-refractivity contribution in [2.24, 2.45) is 4.99 Å². The largest absolute Gasteiger partial charge is 0.488 e. The van der Waals surface area contributed by atoms with Gasteiger partial charge < -0.3 is 4.74 Å². The van der Waals surface area contributed by atoms with Gasteiger partial charge in [-0.2, -0.15) is 0 Å². The Hall–Kier alpha value is -3.27. The first-order valence-electron chi connectivity index (χ1n) is 8.57. The molecule has 3 aromatic rings. The average Bonchev–Trinajstić information content (AvgIpc) is 2.68. The van der Waals surface area contributed by atoms with Crippen molar-refractivity contribution >= 4 is 17.2 Å². The maximum atomic E-state index is 12.2. The zero-order valence-electron chi connectivity index (χ0n) is 14.3. The molecule has 128 valence electrons. The molecule has 1 aromatic heterocycles. The van der Waals surface area contributed by atoms with Gasteiger partial charge in [-0.15, -0.1) is 0 Å². The van der Waals surface area contributed by atoms with E-state index >= 15 is 0 Å². The molecule has 0 spiro atoms. The third-order valence-corrected chi connectivity index (χ3v) is 4.32. The summed E-state index contributed by atoms with van der Waals surface area (Å²) in [5.74, 6) is 0.836. The minimum absolute atomic E-state index is 0.0641. The Kier molecular flexibility index (Phi) is 4.56. The number of hydrogen-bond acceptors (Lipinski definition) is 4. The fraction of sp³-hybridized carbons (Fsp3) is 0.136. The van der Waals surface area contributed by atoms with Gasteiger partial charge in [-0.25, -0.2) is 0 Å². The minimum Gasteiger partial charge on any atom is -0.488 e. The number of Topliss-reactive ketones (excluding diaryl/α,β-unsaturated/α-hetero) is 1. The minimum atomic E-state index is 0.0641. The van der Waals surface area contributed by atoms with E-state index < -0.39 is 0 Å². The predicted molar refractivity (Wildman–Crippen MR) is 101 cm³/mol. The normalized spacial score (nSPS) is 13.1. The van der Waals surface area contributed by atoms with Crippen LogP contribution in [0.3, 0.4) is 0 Å². The van der Waals surface area contributed by atoms with Crippen LogP contribution in [0.4, 0.5) is 5.69 Å². The summed E-state index contributed by atoms with van der Waals surface area (Å²) in [6, 6.07) is 20.1. The van der Waals surface area contributed by atoms with Crippen LogP contribution in [-0.2, 0) is 6.42 Å². The number of hydrogen-bond donors (Lipinski definition) is 0. The lowest BCUT2D eigenvalue weighted by Crippen LogP contribution is -2.19. The van der Waals surface area contributed by atoms with E-state index in [1.165, 1.54) is 11.1 Å². The smallest absolute Gasteiger partial charge is 0.170 e. The van der Waals surface area contributed by atoms with Crippen molar-refractivity contribution in [3.05, 3.63) is 89.7 Å². The summed E-state index contributed by atoms with van der Waals surface area (Å²) in [5, 5.41) is 0. The number of carbonyl (C=O) groups is 1. The van der Waals surface area contributed by atoms with Crippen LogP contribution < -0.4 is 4.74 Å². The molecule has 0 amide bonds. The summed E-state index contributed by atoms with van der Waals surface area (Å²) in [6.07, 6.45) is 4.42. The Morgan fingerprint density at radius 3 is 2.50 bits per heavy atom. The summed E-state index contributed by atoms with van der Waals surface area (Å²) in [6.45, 7) is 0.304. The summed E-state index contributed by atoms with van der Waals surface area (Å²) in [5.41, 5.74) is 4.50. The Bertz CT molecular complexity index is 947. The molecular weight excluding hydrogens is 324 g/mol. The van der Waals surface area contributed by atoms with Crippen molar-refractivity contribution in [1.29, 1.82) is 0 Å². The van der Waals surface area contributed by atoms with Crippen LogP contribution in [0.15, 0.2) is 78.0 Å².